The number of aliphatic hydroxyl groups excluding tert-OH is 2. The number of allylic oxidation sites excluding steroid dienone is 1. The zero-order valence-electron chi connectivity index (χ0n) is 14.1. The van der Waals surface area contributed by atoms with Crippen molar-refractivity contribution in [3.8, 4) is 0 Å². The smallest absolute Gasteiger partial charge is 0.373 e. The topological polar surface area (TPSA) is 93.1 Å². The molecule has 3 aliphatic rings. The third-order valence-corrected chi connectivity index (χ3v) is 5.41. The third kappa shape index (κ3) is 2.91. The van der Waals surface area contributed by atoms with Gasteiger partial charge in [-0.1, -0.05) is 30.4 Å². The highest BCUT2D eigenvalue weighted by molar-refractivity contribution is 5.91. The van der Waals surface area contributed by atoms with Crippen LogP contribution in [0.4, 0.5) is 0 Å². The molecule has 1 saturated heterocycles. The van der Waals surface area contributed by atoms with Crippen molar-refractivity contribution < 1.29 is 29.3 Å². The van der Waals surface area contributed by atoms with Gasteiger partial charge in [0.05, 0.1) is 12.5 Å². The van der Waals surface area contributed by atoms with E-state index in [4.69, 9.17) is 14.6 Å². The molecule has 0 radical (unpaired) electrons. The normalized spacial score (nSPS) is 34.8. The lowest BCUT2D eigenvalue weighted by atomic mass is 9.80. The summed E-state index contributed by atoms with van der Waals surface area (Å²) in [5.74, 6) is -2.43. The highest BCUT2D eigenvalue weighted by atomic mass is 16.6. The summed E-state index contributed by atoms with van der Waals surface area (Å²) in [6.07, 6.45) is 3.13. The standard InChI is InChI=1S/C19H22O6/c1-9-4-5-12-10(2)8-14(24-19(23)13(21)6-7-20)16-11(3)18(22)25-17(16)15(9)12/h4,6,12,14-17,20-21H,2-3,5,7-8H2,1H3. The van der Waals surface area contributed by atoms with Crippen LogP contribution in [0.15, 0.2) is 47.8 Å². The zero-order chi connectivity index (χ0) is 18.3. The van der Waals surface area contributed by atoms with Gasteiger partial charge in [-0.3, -0.25) is 0 Å². The van der Waals surface area contributed by atoms with Gasteiger partial charge in [-0.25, -0.2) is 9.59 Å². The Balaban J connectivity index is 1.93. The van der Waals surface area contributed by atoms with E-state index in [-0.39, 0.29) is 17.4 Å². The molecule has 0 bridgehead atoms. The van der Waals surface area contributed by atoms with Gasteiger partial charge in [0, 0.05) is 17.9 Å². The van der Waals surface area contributed by atoms with Crippen molar-refractivity contribution in [3.05, 3.63) is 47.8 Å². The minimum Gasteiger partial charge on any atom is -0.502 e. The minimum absolute atomic E-state index is 0.00554. The summed E-state index contributed by atoms with van der Waals surface area (Å²) >= 11 is 0. The molecule has 0 amide bonds. The molecule has 6 heteroatoms. The molecule has 0 spiro atoms. The van der Waals surface area contributed by atoms with Crippen molar-refractivity contribution in [3.63, 3.8) is 0 Å². The van der Waals surface area contributed by atoms with E-state index < -0.39 is 42.4 Å². The van der Waals surface area contributed by atoms with Gasteiger partial charge in [0.2, 0.25) is 0 Å². The number of carbonyl (C=O) groups excluding carboxylic acids is 2. The summed E-state index contributed by atoms with van der Waals surface area (Å²) in [6, 6.07) is 0. The Bertz CT molecular complexity index is 701. The van der Waals surface area contributed by atoms with Crippen molar-refractivity contribution in [1.82, 2.24) is 0 Å². The number of hydrogen-bond donors (Lipinski definition) is 2. The second kappa shape index (κ2) is 6.52. The number of carbonyl (C=O) groups is 2. The average Bonchev–Trinajstić information content (AvgIpc) is 3.03. The second-order valence-corrected chi connectivity index (χ2v) is 6.82. The number of hydrogen-bond acceptors (Lipinski definition) is 6. The number of rotatable bonds is 3. The largest absolute Gasteiger partial charge is 0.502 e. The molecule has 25 heavy (non-hydrogen) atoms. The van der Waals surface area contributed by atoms with E-state index >= 15 is 0 Å². The number of esters is 2. The van der Waals surface area contributed by atoms with Gasteiger partial charge in [0.15, 0.2) is 5.76 Å². The maximum Gasteiger partial charge on any atom is 0.373 e. The van der Waals surface area contributed by atoms with Crippen LogP contribution in [0.5, 0.6) is 0 Å². The first-order valence-electron chi connectivity index (χ1n) is 8.30. The first-order valence-corrected chi connectivity index (χ1v) is 8.30. The first-order chi connectivity index (χ1) is 11.8. The second-order valence-electron chi connectivity index (χ2n) is 6.82. The van der Waals surface area contributed by atoms with Crippen molar-refractivity contribution in [1.29, 1.82) is 0 Å². The number of aliphatic hydroxyl groups is 2. The van der Waals surface area contributed by atoms with Gasteiger partial charge < -0.3 is 19.7 Å². The van der Waals surface area contributed by atoms with Gasteiger partial charge in [-0.2, -0.15) is 0 Å². The molecule has 3 rings (SSSR count). The molecule has 6 nitrogen and oxygen atoms in total. The Morgan fingerprint density at radius 2 is 2.16 bits per heavy atom. The Hall–Kier alpha value is -2.34. The molecule has 2 aliphatic carbocycles. The van der Waals surface area contributed by atoms with Gasteiger partial charge in [-0.05, 0) is 25.3 Å². The van der Waals surface area contributed by atoms with Crippen molar-refractivity contribution in [2.24, 2.45) is 17.8 Å². The summed E-state index contributed by atoms with van der Waals surface area (Å²) in [5.41, 5.74) is 2.35. The third-order valence-electron chi connectivity index (χ3n) is 5.41. The molecular formula is C19H22O6. The molecule has 5 atom stereocenters. The van der Waals surface area contributed by atoms with Crippen molar-refractivity contribution in [2.75, 3.05) is 6.61 Å². The van der Waals surface area contributed by atoms with E-state index in [0.29, 0.717) is 6.42 Å². The molecule has 1 saturated carbocycles. The molecule has 0 aromatic heterocycles. The fraction of sp³-hybridized carbons (Fsp3) is 0.474. The zero-order valence-corrected chi connectivity index (χ0v) is 14.1. The summed E-state index contributed by atoms with van der Waals surface area (Å²) < 4.78 is 11.0. The predicted octanol–water partition coefficient (Wildman–Crippen LogP) is 1.97. The highest BCUT2D eigenvalue weighted by Crippen LogP contribution is 2.50. The lowest BCUT2D eigenvalue weighted by Crippen LogP contribution is -2.36. The number of fused-ring (bicyclic) bond motifs is 3. The molecular weight excluding hydrogens is 324 g/mol. The van der Waals surface area contributed by atoms with Crippen LogP contribution in [-0.4, -0.2) is 41.0 Å². The Labute approximate surface area is 146 Å². The van der Waals surface area contributed by atoms with Crippen LogP contribution >= 0.6 is 0 Å². The SMILES string of the molecule is C=C1CC(OC(=O)C(O)=CCO)C2C(=C)C(=O)OC2C2C(C)=CCC12. The quantitative estimate of drug-likeness (QED) is 0.351. The lowest BCUT2D eigenvalue weighted by Gasteiger charge is -2.28. The van der Waals surface area contributed by atoms with Crippen LogP contribution in [0.1, 0.15) is 19.8 Å². The predicted molar refractivity (Wildman–Crippen MR) is 89.3 cm³/mol. The molecule has 1 heterocycles. The molecule has 5 unspecified atom stereocenters. The van der Waals surface area contributed by atoms with E-state index in [1.807, 2.05) is 6.92 Å². The van der Waals surface area contributed by atoms with Crippen molar-refractivity contribution in [2.45, 2.75) is 32.0 Å². The maximum absolute atomic E-state index is 12.1. The summed E-state index contributed by atoms with van der Waals surface area (Å²) in [6.45, 7) is 9.51. The van der Waals surface area contributed by atoms with Crippen LogP contribution in [0.2, 0.25) is 0 Å². The van der Waals surface area contributed by atoms with E-state index in [1.54, 1.807) is 0 Å². The summed E-state index contributed by atoms with van der Waals surface area (Å²) in [7, 11) is 0. The minimum atomic E-state index is -0.947. The van der Waals surface area contributed by atoms with Crippen LogP contribution < -0.4 is 0 Å². The highest BCUT2D eigenvalue weighted by Gasteiger charge is 2.54. The Morgan fingerprint density at radius 3 is 2.84 bits per heavy atom. The first kappa shape index (κ1) is 17.5. The molecule has 2 N–H and O–H groups in total. The maximum atomic E-state index is 12.1. The van der Waals surface area contributed by atoms with Crippen LogP contribution in [0, 0.1) is 17.8 Å². The van der Waals surface area contributed by atoms with Crippen molar-refractivity contribution >= 4 is 11.9 Å². The molecule has 2 fully saturated rings. The lowest BCUT2D eigenvalue weighted by molar-refractivity contribution is -0.151. The summed E-state index contributed by atoms with van der Waals surface area (Å²) in [4.78, 5) is 24.2. The molecule has 0 aromatic rings. The van der Waals surface area contributed by atoms with Gasteiger partial charge in [0.25, 0.3) is 0 Å². The fourth-order valence-electron chi connectivity index (χ4n) is 4.18. The van der Waals surface area contributed by atoms with Crippen LogP contribution in [-0.2, 0) is 19.1 Å². The van der Waals surface area contributed by atoms with E-state index in [1.165, 1.54) is 0 Å². The fourth-order valence-corrected chi connectivity index (χ4v) is 4.18. The summed E-state index contributed by atoms with van der Waals surface area (Å²) in [5, 5.41) is 18.4. The molecule has 1 aliphatic heterocycles. The monoisotopic (exact) mass is 346 g/mol. The van der Waals surface area contributed by atoms with E-state index in [9.17, 15) is 14.7 Å². The van der Waals surface area contributed by atoms with E-state index in [2.05, 4.69) is 19.2 Å². The van der Waals surface area contributed by atoms with E-state index in [0.717, 1.165) is 23.6 Å². The molecule has 134 valence electrons. The molecule has 0 aromatic carbocycles. The number of ether oxygens (including phenoxy) is 2. The Kier molecular flexibility index (Phi) is 4.56. The van der Waals surface area contributed by atoms with Gasteiger partial charge in [0.1, 0.15) is 12.2 Å². The van der Waals surface area contributed by atoms with Crippen LogP contribution in [0.25, 0.3) is 0 Å². The van der Waals surface area contributed by atoms with Gasteiger partial charge >= 0.3 is 11.9 Å². The Morgan fingerprint density at radius 1 is 1.44 bits per heavy atom. The van der Waals surface area contributed by atoms with Crippen LogP contribution in [0.3, 0.4) is 0 Å². The van der Waals surface area contributed by atoms with Gasteiger partial charge in [-0.15, -0.1) is 0 Å². The average molecular weight is 346 g/mol.